The predicted octanol–water partition coefficient (Wildman–Crippen LogP) is 10.6. The van der Waals surface area contributed by atoms with Gasteiger partial charge in [0.1, 0.15) is 0 Å². The Morgan fingerprint density at radius 3 is 1.66 bits per heavy atom. The highest BCUT2D eigenvalue weighted by Crippen LogP contribution is 2.37. The molecule has 0 unspecified atom stereocenters. The molecule has 6 aromatic carbocycles. The van der Waals surface area contributed by atoms with Crippen LogP contribution in [0.15, 0.2) is 152 Å². The van der Waals surface area contributed by atoms with Crippen molar-refractivity contribution in [2.24, 2.45) is 0 Å². The summed E-state index contributed by atoms with van der Waals surface area (Å²) in [6.07, 6.45) is 0. The molecular formula is C38H25ClN2. The molecule has 1 aromatic heterocycles. The van der Waals surface area contributed by atoms with Crippen molar-refractivity contribution in [1.82, 2.24) is 9.97 Å². The highest BCUT2D eigenvalue weighted by atomic mass is 35.5. The largest absolute Gasteiger partial charge is 0.228 e. The van der Waals surface area contributed by atoms with Crippen molar-refractivity contribution < 1.29 is 0 Å². The zero-order valence-corrected chi connectivity index (χ0v) is 23.0. The van der Waals surface area contributed by atoms with Gasteiger partial charge >= 0.3 is 0 Å². The molecule has 0 atom stereocenters. The van der Waals surface area contributed by atoms with Crippen LogP contribution in [0.5, 0.6) is 0 Å². The van der Waals surface area contributed by atoms with Gasteiger partial charge in [-0.05, 0) is 57.3 Å². The van der Waals surface area contributed by atoms with E-state index in [2.05, 4.69) is 115 Å². The van der Waals surface area contributed by atoms with Crippen LogP contribution in [0.25, 0.3) is 66.9 Å². The topological polar surface area (TPSA) is 25.8 Å². The standard InChI is InChI=1S/C38H25ClN2/c39-31-20-18-27(19-21-31)32-22-23-35(34-17-8-7-16-33(32)34)37-25-36(40-38(41-37)28-12-5-2-6-13-28)30-15-9-14-29(24-30)26-10-3-1-4-11-26/h1-25H. The molecule has 41 heavy (non-hydrogen) atoms. The van der Waals surface area contributed by atoms with Gasteiger partial charge in [-0.15, -0.1) is 0 Å². The minimum Gasteiger partial charge on any atom is -0.228 e. The van der Waals surface area contributed by atoms with Gasteiger partial charge in [-0.2, -0.15) is 0 Å². The van der Waals surface area contributed by atoms with Crippen molar-refractivity contribution in [3.05, 3.63) is 157 Å². The predicted molar refractivity (Wildman–Crippen MR) is 172 cm³/mol. The minimum atomic E-state index is 0.703. The lowest BCUT2D eigenvalue weighted by Crippen LogP contribution is -1.97. The van der Waals surface area contributed by atoms with Gasteiger partial charge in [0, 0.05) is 21.7 Å². The average Bonchev–Trinajstić information content (AvgIpc) is 3.05. The second-order valence-electron chi connectivity index (χ2n) is 9.99. The molecule has 0 aliphatic carbocycles. The zero-order chi connectivity index (χ0) is 27.6. The lowest BCUT2D eigenvalue weighted by molar-refractivity contribution is 1.18. The van der Waals surface area contributed by atoms with Gasteiger partial charge in [0.2, 0.25) is 0 Å². The Kier molecular flexibility index (Phi) is 6.60. The molecule has 0 bridgehead atoms. The van der Waals surface area contributed by atoms with Gasteiger partial charge < -0.3 is 0 Å². The maximum atomic E-state index is 6.18. The molecule has 0 spiro atoms. The number of hydrogen-bond donors (Lipinski definition) is 0. The number of rotatable bonds is 5. The summed E-state index contributed by atoms with van der Waals surface area (Å²) in [7, 11) is 0. The van der Waals surface area contributed by atoms with E-state index in [1.807, 2.05) is 36.4 Å². The first-order valence-corrected chi connectivity index (χ1v) is 14.0. The van der Waals surface area contributed by atoms with Crippen molar-refractivity contribution in [2.45, 2.75) is 0 Å². The number of benzene rings is 6. The highest BCUT2D eigenvalue weighted by Gasteiger charge is 2.15. The van der Waals surface area contributed by atoms with Crippen LogP contribution in [0.2, 0.25) is 5.02 Å². The molecule has 3 heteroatoms. The Hall–Kier alpha value is -5.05. The molecule has 0 aliphatic rings. The fourth-order valence-electron chi connectivity index (χ4n) is 5.34. The van der Waals surface area contributed by atoms with Crippen molar-refractivity contribution in [2.75, 3.05) is 0 Å². The van der Waals surface area contributed by atoms with E-state index < -0.39 is 0 Å². The second kappa shape index (κ2) is 10.8. The van der Waals surface area contributed by atoms with Gasteiger partial charge in [0.05, 0.1) is 11.4 Å². The van der Waals surface area contributed by atoms with E-state index in [9.17, 15) is 0 Å². The number of fused-ring (bicyclic) bond motifs is 1. The Labute approximate surface area is 244 Å². The van der Waals surface area contributed by atoms with E-state index in [1.165, 1.54) is 10.9 Å². The normalized spacial score (nSPS) is 11.0. The molecule has 194 valence electrons. The van der Waals surface area contributed by atoms with Gasteiger partial charge in [-0.1, -0.05) is 139 Å². The van der Waals surface area contributed by atoms with Crippen LogP contribution in [-0.2, 0) is 0 Å². The molecule has 0 aliphatic heterocycles. The second-order valence-corrected chi connectivity index (χ2v) is 10.4. The molecule has 0 saturated heterocycles. The van der Waals surface area contributed by atoms with Crippen LogP contribution >= 0.6 is 11.6 Å². The van der Waals surface area contributed by atoms with Crippen LogP contribution in [0.1, 0.15) is 0 Å². The molecule has 0 amide bonds. The van der Waals surface area contributed by atoms with E-state index in [0.717, 1.165) is 55.2 Å². The quantitative estimate of drug-likeness (QED) is 0.215. The van der Waals surface area contributed by atoms with Crippen LogP contribution in [-0.4, -0.2) is 9.97 Å². The van der Waals surface area contributed by atoms with E-state index >= 15 is 0 Å². The smallest absolute Gasteiger partial charge is 0.160 e. The maximum absolute atomic E-state index is 6.18. The van der Waals surface area contributed by atoms with Crippen molar-refractivity contribution in [3.63, 3.8) is 0 Å². The summed E-state index contributed by atoms with van der Waals surface area (Å²) in [5.74, 6) is 0.703. The summed E-state index contributed by atoms with van der Waals surface area (Å²) in [6.45, 7) is 0. The highest BCUT2D eigenvalue weighted by molar-refractivity contribution is 6.30. The van der Waals surface area contributed by atoms with Gasteiger partial charge in [0.25, 0.3) is 0 Å². The molecule has 1 heterocycles. The molecule has 0 radical (unpaired) electrons. The molecule has 0 fully saturated rings. The third-order valence-electron chi connectivity index (χ3n) is 7.38. The lowest BCUT2D eigenvalue weighted by atomic mass is 9.93. The van der Waals surface area contributed by atoms with Crippen molar-refractivity contribution >= 4 is 22.4 Å². The van der Waals surface area contributed by atoms with Crippen LogP contribution in [0.4, 0.5) is 0 Å². The van der Waals surface area contributed by atoms with E-state index in [4.69, 9.17) is 21.6 Å². The minimum absolute atomic E-state index is 0.703. The summed E-state index contributed by atoms with van der Waals surface area (Å²) in [5.41, 5.74) is 9.50. The molecule has 2 nitrogen and oxygen atoms in total. The number of hydrogen-bond acceptors (Lipinski definition) is 2. The fourth-order valence-corrected chi connectivity index (χ4v) is 5.47. The van der Waals surface area contributed by atoms with Crippen LogP contribution in [0.3, 0.4) is 0 Å². The average molecular weight is 545 g/mol. The Balaban J connectivity index is 1.42. The Morgan fingerprint density at radius 1 is 0.366 bits per heavy atom. The maximum Gasteiger partial charge on any atom is 0.160 e. The lowest BCUT2D eigenvalue weighted by Gasteiger charge is -2.14. The van der Waals surface area contributed by atoms with Crippen LogP contribution < -0.4 is 0 Å². The van der Waals surface area contributed by atoms with E-state index in [-0.39, 0.29) is 0 Å². The van der Waals surface area contributed by atoms with Crippen molar-refractivity contribution in [3.8, 4) is 56.2 Å². The monoisotopic (exact) mass is 544 g/mol. The number of nitrogens with zero attached hydrogens (tertiary/aromatic N) is 2. The van der Waals surface area contributed by atoms with Crippen molar-refractivity contribution in [1.29, 1.82) is 0 Å². The summed E-state index contributed by atoms with van der Waals surface area (Å²) >= 11 is 6.18. The molecule has 0 N–H and O–H groups in total. The summed E-state index contributed by atoms with van der Waals surface area (Å²) in [5, 5.41) is 3.04. The molecular weight excluding hydrogens is 520 g/mol. The Bertz CT molecular complexity index is 1980. The summed E-state index contributed by atoms with van der Waals surface area (Å²) < 4.78 is 0. The first kappa shape index (κ1) is 25.0. The van der Waals surface area contributed by atoms with E-state index in [0.29, 0.717) is 5.82 Å². The van der Waals surface area contributed by atoms with E-state index in [1.54, 1.807) is 0 Å². The van der Waals surface area contributed by atoms with Gasteiger partial charge in [-0.3, -0.25) is 0 Å². The van der Waals surface area contributed by atoms with Crippen LogP contribution in [0, 0.1) is 0 Å². The third kappa shape index (κ3) is 5.02. The third-order valence-corrected chi connectivity index (χ3v) is 7.63. The fraction of sp³-hybridized carbons (Fsp3) is 0. The number of aromatic nitrogens is 2. The summed E-state index contributed by atoms with van der Waals surface area (Å²) in [4.78, 5) is 10.2. The first-order chi connectivity index (χ1) is 20.2. The molecule has 7 aromatic rings. The first-order valence-electron chi connectivity index (χ1n) is 13.6. The molecule has 0 saturated carbocycles. The molecule has 7 rings (SSSR count). The SMILES string of the molecule is Clc1ccc(-c2ccc(-c3cc(-c4cccc(-c5ccccc5)c4)nc(-c4ccccc4)n3)c3ccccc23)cc1. The van der Waals surface area contributed by atoms with Gasteiger partial charge in [0.15, 0.2) is 5.82 Å². The van der Waals surface area contributed by atoms with Gasteiger partial charge in [-0.25, -0.2) is 9.97 Å². The number of halogens is 1. The zero-order valence-electron chi connectivity index (χ0n) is 22.2. The Morgan fingerprint density at radius 2 is 0.927 bits per heavy atom. The summed E-state index contributed by atoms with van der Waals surface area (Å²) in [6, 6.07) is 52.2.